The van der Waals surface area contributed by atoms with Gasteiger partial charge in [0, 0.05) is 13.6 Å². The molecule has 4 nitrogen and oxygen atoms in total. The van der Waals surface area contributed by atoms with Gasteiger partial charge in [-0.2, -0.15) is 0 Å². The van der Waals surface area contributed by atoms with Crippen LogP contribution in [0.1, 0.15) is 13.3 Å². The number of nitrogens with two attached hydrogens (primary N) is 1. The van der Waals surface area contributed by atoms with Crippen LogP contribution in [0.3, 0.4) is 0 Å². The molecule has 1 aliphatic rings. The highest BCUT2D eigenvalue weighted by molar-refractivity contribution is 5.46. The predicted molar refractivity (Wildman–Crippen MR) is 62.6 cm³/mol. The van der Waals surface area contributed by atoms with Crippen LogP contribution < -0.4 is 16.2 Å². The van der Waals surface area contributed by atoms with E-state index in [9.17, 15) is 0 Å². The number of hydrogen-bond donors (Lipinski definition) is 2. The Morgan fingerprint density at radius 3 is 2.93 bits per heavy atom. The van der Waals surface area contributed by atoms with Crippen LogP contribution in [0.15, 0.2) is 18.2 Å². The van der Waals surface area contributed by atoms with Crippen molar-refractivity contribution in [1.29, 1.82) is 0 Å². The Morgan fingerprint density at radius 1 is 1.60 bits per heavy atom. The Morgan fingerprint density at radius 2 is 2.33 bits per heavy atom. The van der Waals surface area contributed by atoms with Crippen molar-refractivity contribution in [2.24, 2.45) is 17.7 Å². The highest BCUT2D eigenvalue weighted by Gasteiger charge is 2.33. The first-order valence-electron chi connectivity index (χ1n) is 5.35. The minimum Gasteiger partial charge on any atom is -0.359 e. The van der Waals surface area contributed by atoms with Crippen LogP contribution >= 0.6 is 0 Å². The van der Waals surface area contributed by atoms with Crippen molar-refractivity contribution in [3.63, 3.8) is 0 Å². The third-order valence-electron chi connectivity index (χ3n) is 3.06. The molecule has 1 fully saturated rings. The van der Waals surface area contributed by atoms with E-state index in [-0.39, 0.29) is 0 Å². The van der Waals surface area contributed by atoms with Gasteiger partial charge in [-0.25, -0.2) is 10.8 Å². The van der Waals surface area contributed by atoms with Gasteiger partial charge < -0.3 is 10.3 Å². The van der Waals surface area contributed by atoms with Gasteiger partial charge in [-0.1, -0.05) is 13.0 Å². The Labute approximate surface area is 90.5 Å². The standard InChI is InChI=1S/C11H18N4/c1-8-6-9(8)7-15(2)11-5-3-4-10(13-11)14-12/h3-5,8-9H,6-7,12H2,1-2H3,(H,13,14). The van der Waals surface area contributed by atoms with E-state index < -0.39 is 0 Å². The van der Waals surface area contributed by atoms with Crippen LogP contribution in [0.4, 0.5) is 11.6 Å². The number of nitrogens with one attached hydrogen (secondary N) is 1. The molecule has 0 spiro atoms. The number of anilines is 2. The zero-order valence-electron chi connectivity index (χ0n) is 9.27. The lowest BCUT2D eigenvalue weighted by molar-refractivity contribution is 0.720. The first-order valence-corrected chi connectivity index (χ1v) is 5.35. The molecular weight excluding hydrogens is 188 g/mol. The Kier molecular flexibility index (Phi) is 2.77. The van der Waals surface area contributed by atoms with Crippen LogP contribution in [0, 0.1) is 11.8 Å². The molecule has 0 aromatic carbocycles. The number of nitrogens with zero attached hydrogens (tertiary/aromatic N) is 2. The second-order valence-corrected chi connectivity index (χ2v) is 4.38. The summed E-state index contributed by atoms with van der Waals surface area (Å²) in [7, 11) is 2.08. The molecule has 1 heterocycles. The molecule has 1 aromatic heterocycles. The van der Waals surface area contributed by atoms with Crippen molar-refractivity contribution >= 4 is 11.6 Å². The second kappa shape index (κ2) is 4.06. The molecule has 0 amide bonds. The first kappa shape index (κ1) is 10.2. The van der Waals surface area contributed by atoms with E-state index in [4.69, 9.17) is 5.84 Å². The van der Waals surface area contributed by atoms with Gasteiger partial charge in [0.1, 0.15) is 11.6 Å². The molecule has 0 bridgehead atoms. The highest BCUT2D eigenvalue weighted by atomic mass is 15.3. The minimum atomic E-state index is 0.711. The number of pyridine rings is 1. The zero-order chi connectivity index (χ0) is 10.8. The van der Waals surface area contributed by atoms with Crippen LogP contribution in [0.2, 0.25) is 0 Å². The van der Waals surface area contributed by atoms with E-state index in [1.165, 1.54) is 6.42 Å². The molecule has 1 aliphatic carbocycles. The van der Waals surface area contributed by atoms with Crippen molar-refractivity contribution in [3.05, 3.63) is 18.2 Å². The number of hydrazine groups is 1. The van der Waals surface area contributed by atoms with E-state index in [1.807, 2.05) is 18.2 Å². The normalized spacial score (nSPS) is 23.7. The molecule has 1 aromatic rings. The van der Waals surface area contributed by atoms with Gasteiger partial charge in [0.25, 0.3) is 0 Å². The number of rotatable bonds is 4. The molecule has 1 saturated carbocycles. The quantitative estimate of drug-likeness (QED) is 0.578. The van der Waals surface area contributed by atoms with Crippen LogP contribution in [0.25, 0.3) is 0 Å². The summed E-state index contributed by atoms with van der Waals surface area (Å²) in [5.74, 6) is 8.73. The van der Waals surface area contributed by atoms with Gasteiger partial charge in [-0.3, -0.25) is 0 Å². The van der Waals surface area contributed by atoms with Crippen molar-refractivity contribution in [1.82, 2.24) is 4.98 Å². The van der Waals surface area contributed by atoms with Crippen molar-refractivity contribution in [2.45, 2.75) is 13.3 Å². The summed E-state index contributed by atoms with van der Waals surface area (Å²) in [6.45, 7) is 3.38. The van der Waals surface area contributed by atoms with E-state index in [1.54, 1.807) is 0 Å². The monoisotopic (exact) mass is 206 g/mol. The maximum absolute atomic E-state index is 5.32. The molecule has 82 valence electrons. The second-order valence-electron chi connectivity index (χ2n) is 4.38. The molecule has 3 N–H and O–H groups in total. The average Bonchev–Trinajstić information content (AvgIpc) is 2.94. The summed E-state index contributed by atoms with van der Waals surface area (Å²) in [5.41, 5.74) is 2.56. The zero-order valence-corrected chi connectivity index (χ0v) is 9.27. The van der Waals surface area contributed by atoms with Gasteiger partial charge in [-0.15, -0.1) is 0 Å². The average molecular weight is 206 g/mol. The topological polar surface area (TPSA) is 54.2 Å². The summed E-state index contributed by atoms with van der Waals surface area (Å²) >= 11 is 0. The summed E-state index contributed by atoms with van der Waals surface area (Å²) < 4.78 is 0. The fourth-order valence-corrected chi connectivity index (χ4v) is 1.82. The maximum Gasteiger partial charge on any atom is 0.142 e. The number of aromatic nitrogens is 1. The van der Waals surface area contributed by atoms with Crippen LogP contribution in [0.5, 0.6) is 0 Å². The largest absolute Gasteiger partial charge is 0.359 e. The SMILES string of the molecule is CC1CC1CN(C)c1cccc(NN)n1. The van der Waals surface area contributed by atoms with E-state index in [0.717, 1.165) is 24.2 Å². The van der Waals surface area contributed by atoms with Crippen LogP contribution in [-0.4, -0.2) is 18.6 Å². The molecular formula is C11H18N4. The number of hydrogen-bond acceptors (Lipinski definition) is 4. The van der Waals surface area contributed by atoms with Crippen molar-refractivity contribution < 1.29 is 0 Å². The van der Waals surface area contributed by atoms with Crippen molar-refractivity contribution in [2.75, 3.05) is 23.9 Å². The smallest absolute Gasteiger partial charge is 0.142 e. The van der Waals surface area contributed by atoms with Gasteiger partial charge in [-0.05, 0) is 30.4 Å². The fourth-order valence-electron chi connectivity index (χ4n) is 1.82. The van der Waals surface area contributed by atoms with E-state index in [2.05, 4.69) is 29.3 Å². The highest BCUT2D eigenvalue weighted by Crippen LogP contribution is 2.38. The first-order chi connectivity index (χ1) is 7.20. The van der Waals surface area contributed by atoms with Gasteiger partial charge in [0.2, 0.25) is 0 Å². The Hall–Kier alpha value is -1.29. The van der Waals surface area contributed by atoms with E-state index in [0.29, 0.717) is 5.82 Å². The summed E-state index contributed by atoms with van der Waals surface area (Å²) in [5, 5.41) is 0. The number of nitrogen functional groups attached to an aromatic ring is 1. The van der Waals surface area contributed by atoms with Gasteiger partial charge >= 0.3 is 0 Å². The summed E-state index contributed by atoms with van der Waals surface area (Å²) in [6.07, 6.45) is 1.35. The van der Waals surface area contributed by atoms with Crippen molar-refractivity contribution in [3.8, 4) is 0 Å². The molecule has 15 heavy (non-hydrogen) atoms. The minimum absolute atomic E-state index is 0.711. The van der Waals surface area contributed by atoms with Crippen LogP contribution in [-0.2, 0) is 0 Å². The van der Waals surface area contributed by atoms with Gasteiger partial charge in [0.05, 0.1) is 0 Å². The Bertz CT molecular complexity index is 339. The molecule has 2 rings (SSSR count). The van der Waals surface area contributed by atoms with E-state index >= 15 is 0 Å². The summed E-state index contributed by atoms with van der Waals surface area (Å²) in [4.78, 5) is 6.58. The van der Waals surface area contributed by atoms with Gasteiger partial charge in [0.15, 0.2) is 0 Å². The third-order valence-corrected chi connectivity index (χ3v) is 3.06. The molecule has 0 radical (unpaired) electrons. The third kappa shape index (κ3) is 2.39. The summed E-state index contributed by atoms with van der Waals surface area (Å²) in [6, 6.07) is 5.83. The molecule has 2 unspecified atom stereocenters. The lowest BCUT2D eigenvalue weighted by Crippen LogP contribution is -2.22. The lowest BCUT2D eigenvalue weighted by atomic mass is 10.3. The fraction of sp³-hybridized carbons (Fsp3) is 0.545. The molecule has 4 heteroatoms. The molecule has 0 saturated heterocycles. The predicted octanol–water partition coefficient (Wildman–Crippen LogP) is 1.46. The molecule has 0 aliphatic heterocycles. The lowest BCUT2D eigenvalue weighted by Gasteiger charge is -2.18. The molecule has 2 atom stereocenters. The Balaban J connectivity index is 2.00. The maximum atomic E-state index is 5.32.